The van der Waals surface area contributed by atoms with E-state index in [2.05, 4.69) is 20.9 Å². The number of hydrogen-bond donors (Lipinski definition) is 1. The average molecular weight is 445 g/mol. The summed E-state index contributed by atoms with van der Waals surface area (Å²) in [6, 6.07) is 12.6. The quantitative estimate of drug-likeness (QED) is 0.567. The van der Waals surface area contributed by atoms with Gasteiger partial charge >= 0.3 is 6.18 Å². The normalized spacial score (nSPS) is 17.6. The molecule has 32 heavy (non-hydrogen) atoms. The fourth-order valence-corrected chi connectivity index (χ4v) is 4.37. The number of amides is 1. The Kier molecular flexibility index (Phi) is 6.50. The molecule has 0 spiro atoms. The van der Waals surface area contributed by atoms with Crippen molar-refractivity contribution in [3.63, 3.8) is 0 Å². The van der Waals surface area contributed by atoms with Gasteiger partial charge in [0.05, 0.1) is 23.1 Å². The van der Waals surface area contributed by atoms with E-state index in [1.807, 2.05) is 25.2 Å². The van der Waals surface area contributed by atoms with E-state index >= 15 is 0 Å². The van der Waals surface area contributed by atoms with Crippen LogP contribution in [-0.2, 0) is 24.6 Å². The Labute approximate surface area is 185 Å². The predicted octanol–water partition coefficient (Wildman–Crippen LogP) is 5.22. The lowest BCUT2D eigenvalue weighted by molar-refractivity contribution is -0.137. The molecule has 1 N–H and O–H groups in total. The fourth-order valence-electron chi connectivity index (χ4n) is 4.37. The van der Waals surface area contributed by atoms with Crippen LogP contribution in [0.3, 0.4) is 0 Å². The van der Waals surface area contributed by atoms with Crippen LogP contribution in [0.5, 0.6) is 0 Å². The molecule has 1 aliphatic heterocycles. The van der Waals surface area contributed by atoms with Crippen molar-refractivity contribution in [2.75, 3.05) is 18.4 Å². The number of aromatic nitrogens is 2. The number of halogens is 3. The number of carbonyl (C=O) groups excluding carboxylic acids is 1. The zero-order valence-electron chi connectivity index (χ0n) is 18.0. The highest BCUT2D eigenvalue weighted by molar-refractivity contribution is 5.90. The highest BCUT2D eigenvalue weighted by Crippen LogP contribution is 2.30. The maximum atomic E-state index is 12.7. The number of benzene rings is 2. The average Bonchev–Trinajstić information content (AvgIpc) is 3.08. The van der Waals surface area contributed by atoms with Crippen molar-refractivity contribution < 1.29 is 18.0 Å². The van der Waals surface area contributed by atoms with Gasteiger partial charge in [-0.05, 0) is 68.1 Å². The van der Waals surface area contributed by atoms with Gasteiger partial charge in [0.25, 0.3) is 0 Å². The number of piperidine rings is 1. The van der Waals surface area contributed by atoms with Gasteiger partial charge in [-0.3, -0.25) is 9.69 Å². The number of nitrogens with zero attached hydrogens (tertiary/aromatic N) is 3. The number of imidazole rings is 1. The number of nitrogens with one attached hydrogen (secondary N) is 1. The molecule has 0 radical (unpaired) electrons. The summed E-state index contributed by atoms with van der Waals surface area (Å²) in [5.74, 6) is 1.28. The molecule has 8 heteroatoms. The Hall–Kier alpha value is -2.87. The van der Waals surface area contributed by atoms with Gasteiger partial charge in [-0.15, -0.1) is 0 Å². The largest absolute Gasteiger partial charge is 0.416 e. The van der Waals surface area contributed by atoms with Crippen molar-refractivity contribution in [2.45, 2.75) is 38.4 Å². The summed E-state index contributed by atoms with van der Waals surface area (Å²) in [5, 5.41) is 2.70. The van der Waals surface area contributed by atoms with Crippen molar-refractivity contribution in [1.82, 2.24) is 14.5 Å². The molecular formula is C24H27F3N4O. The van der Waals surface area contributed by atoms with Crippen molar-refractivity contribution in [3.05, 3.63) is 59.9 Å². The van der Waals surface area contributed by atoms with E-state index in [1.165, 1.54) is 12.1 Å². The number of hydrogen-bond acceptors (Lipinski definition) is 3. The molecule has 4 rings (SSSR count). The highest BCUT2D eigenvalue weighted by atomic mass is 19.4. The molecule has 0 bridgehead atoms. The molecule has 2 heterocycles. The number of anilines is 1. The maximum Gasteiger partial charge on any atom is 0.416 e. The second-order valence-electron chi connectivity index (χ2n) is 8.48. The second-order valence-corrected chi connectivity index (χ2v) is 8.48. The number of fused-ring (bicyclic) bond motifs is 1. The minimum Gasteiger partial charge on any atom is -0.330 e. The van der Waals surface area contributed by atoms with Gasteiger partial charge in [0.15, 0.2) is 0 Å². The van der Waals surface area contributed by atoms with Gasteiger partial charge in [-0.1, -0.05) is 12.1 Å². The summed E-state index contributed by atoms with van der Waals surface area (Å²) in [6.45, 7) is 2.70. The maximum absolute atomic E-state index is 12.7. The zero-order chi connectivity index (χ0) is 22.7. The van der Waals surface area contributed by atoms with Gasteiger partial charge in [0.2, 0.25) is 5.91 Å². The lowest BCUT2D eigenvalue weighted by Crippen LogP contribution is -2.36. The first-order chi connectivity index (χ1) is 15.3. The number of rotatable bonds is 6. The Morgan fingerprint density at radius 1 is 1.16 bits per heavy atom. The Bertz CT molecular complexity index is 1080. The smallest absolute Gasteiger partial charge is 0.330 e. The summed E-state index contributed by atoms with van der Waals surface area (Å²) >= 11 is 0. The monoisotopic (exact) mass is 444 g/mol. The molecule has 1 fully saturated rings. The molecule has 1 saturated heterocycles. The molecule has 1 aliphatic rings. The topological polar surface area (TPSA) is 50.2 Å². The van der Waals surface area contributed by atoms with Crippen LogP contribution in [0.4, 0.5) is 18.9 Å². The SMILES string of the molecule is Cn1c(CN2CCC[C@H](CCC(=O)Nc3ccc(C(F)(F)F)cc3)C2)nc2ccccc21. The lowest BCUT2D eigenvalue weighted by atomic mass is 9.93. The van der Waals surface area contributed by atoms with Crippen LogP contribution in [0.1, 0.15) is 37.1 Å². The van der Waals surface area contributed by atoms with Crippen molar-refractivity contribution in [3.8, 4) is 0 Å². The Morgan fingerprint density at radius 3 is 2.62 bits per heavy atom. The van der Waals surface area contributed by atoms with Crippen LogP contribution in [-0.4, -0.2) is 33.4 Å². The molecular weight excluding hydrogens is 417 g/mol. The Morgan fingerprint density at radius 2 is 1.91 bits per heavy atom. The van der Waals surface area contributed by atoms with E-state index in [0.717, 1.165) is 67.9 Å². The summed E-state index contributed by atoms with van der Waals surface area (Å²) in [7, 11) is 2.04. The summed E-state index contributed by atoms with van der Waals surface area (Å²) < 4.78 is 40.1. The minimum absolute atomic E-state index is 0.169. The summed E-state index contributed by atoms with van der Waals surface area (Å²) in [4.78, 5) is 19.4. The number of carbonyl (C=O) groups is 1. The van der Waals surface area contributed by atoms with Crippen LogP contribution >= 0.6 is 0 Å². The van der Waals surface area contributed by atoms with E-state index in [1.54, 1.807) is 0 Å². The number of likely N-dealkylation sites (tertiary alicyclic amines) is 1. The molecule has 170 valence electrons. The second kappa shape index (κ2) is 9.32. The van der Waals surface area contributed by atoms with Crippen LogP contribution < -0.4 is 5.32 Å². The zero-order valence-corrected chi connectivity index (χ0v) is 18.0. The van der Waals surface area contributed by atoms with Crippen LogP contribution in [0.15, 0.2) is 48.5 Å². The molecule has 2 aromatic carbocycles. The third-order valence-electron chi connectivity index (χ3n) is 6.12. The first-order valence-electron chi connectivity index (χ1n) is 10.9. The summed E-state index contributed by atoms with van der Waals surface area (Å²) in [5.41, 5.74) is 1.78. The number of aryl methyl sites for hydroxylation is 1. The van der Waals surface area contributed by atoms with Crippen molar-refractivity contribution in [1.29, 1.82) is 0 Å². The fraction of sp³-hybridized carbons (Fsp3) is 0.417. The van der Waals surface area contributed by atoms with E-state index < -0.39 is 11.7 Å². The van der Waals surface area contributed by atoms with Crippen LogP contribution in [0.25, 0.3) is 11.0 Å². The molecule has 3 aromatic rings. The van der Waals surface area contributed by atoms with E-state index in [4.69, 9.17) is 4.98 Å². The third kappa shape index (κ3) is 5.30. The van der Waals surface area contributed by atoms with E-state index in [0.29, 0.717) is 18.0 Å². The molecule has 1 amide bonds. The minimum atomic E-state index is -4.38. The van der Waals surface area contributed by atoms with Gasteiger partial charge in [0.1, 0.15) is 5.82 Å². The lowest BCUT2D eigenvalue weighted by Gasteiger charge is -2.32. The number of alkyl halides is 3. The van der Waals surface area contributed by atoms with Crippen LogP contribution in [0, 0.1) is 5.92 Å². The molecule has 1 atom stereocenters. The van der Waals surface area contributed by atoms with Gasteiger partial charge in [-0.2, -0.15) is 13.2 Å². The molecule has 0 saturated carbocycles. The molecule has 1 aromatic heterocycles. The Balaban J connectivity index is 1.27. The highest BCUT2D eigenvalue weighted by Gasteiger charge is 2.30. The molecule has 5 nitrogen and oxygen atoms in total. The first-order valence-corrected chi connectivity index (χ1v) is 10.9. The predicted molar refractivity (Wildman–Crippen MR) is 118 cm³/mol. The van der Waals surface area contributed by atoms with E-state index in [-0.39, 0.29) is 5.91 Å². The van der Waals surface area contributed by atoms with Gasteiger partial charge < -0.3 is 9.88 Å². The third-order valence-corrected chi connectivity index (χ3v) is 6.12. The van der Waals surface area contributed by atoms with E-state index in [9.17, 15) is 18.0 Å². The van der Waals surface area contributed by atoms with Gasteiger partial charge in [-0.25, -0.2) is 4.98 Å². The van der Waals surface area contributed by atoms with Gasteiger partial charge in [0, 0.05) is 25.7 Å². The number of para-hydroxylation sites is 2. The van der Waals surface area contributed by atoms with Crippen LogP contribution in [0.2, 0.25) is 0 Å². The van der Waals surface area contributed by atoms with Crippen molar-refractivity contribution in [2.24, 2.45) is 13.0 Å². The summed E-state index contributed by atoms with van der Waals surface area (Å²) in [6.07, 6.45) is -1.11. The molecule has 0 unspecified atom stereocenters. The first kappa shape index (κ1) is 22.3. The standard InChI is InChI=1S/C24H27F3N4O/c1-30-21-7-3-2-6-20(21)29-22(30)16-31-14-4-5-17(15-31)8-13-23(32)28-19-11-9-18(10-12-19)24(25,26)27/h2-3,6-7,9-12,17H,4-5,8,13-16H2,1H3,(H,28,32)/t17-/m1/s1. The molecule has 0 aliphatic carbocycles. The van der Waals surface area contributed by atoms with Crippen molar-refractivity contribution >= 4 is 22.6 Å².